The Labute approximate surface area is 109 Å². The molecule has 1 fully saturated rings. The highest BCUT2D eigenvalue weighted by atomic mass is 79.9. The normalized spacial score (nSPS) is 26.9. The predicted molar refractivity (Wildman–Crippen MR) is 68.2 cm³/mol. The summed E-state index contributed by atoms with van der Waals surface area (Å²) in [6, 6.07) is 0.279. The topological polar surface area (TPSA) is 59.3 Å². The van der Waals surface area contributed by atoms with Gasteiger partial charge in [0.25, 0.3) is 0 Å². The largest absolute Gasteiger partial charge is 0.390 e. The molecule has 0 radical (unpaired) electrons. The zero-order chi connectivity index (χ0) is 12.1. The Morgan fingerprint density at radius 2 is 2.53 bits per heavy atom. The quantitative estimate of drug-likeness (QED) is 0.773. The number of hydrogen-bond donors (Lipinski definition) is 2. The van der Waals surface area contributed by atoms with Crippen LogP contribution in [0.1, 0.15) is 6.42 Å². The molecule has 17 heavy (non-hydrogen) atoms. The molecular weight excluding hydrogens is 286 g/mol. The van der Waals surface area contributed by atoms with E-state index in [1.165, 1.54) is 0 Å². The van der Waals surface area contributed by atoms with Gasteiger partial charge in [0.05, 0.1) is 25.6 Å². The van der Waals surface area contributed by atoms with Crippen LogP contribution in [0.25, 0.3) is 0 Å². The third kappa shape index (κ3) is 4.06. The van der Waals surface area contributed by atoms with Crippen molar-refractivity contribution in [3.63, 3.8) is 0 Å². The van der Waals surface area contributed by atoms with Crippen LogP contribution in [0.4, 0.5) is 0 Å². The number of aliphatic hydroxyl groups excluding tert-OH is 1. The van der Waals surface area contributed by atoms with Gasteiger partial charge in [-0.2, -0.15) is 0 Å². The molecule has 0 spiro atoms. The van der Waals surface area contributed by atoms with Crippen molar-refractivity contribution in [3.05, 3.63) is 18.7 Å². The van der Waals surface area contributed by atoms with Crippen LogP contribution >= 0.6 is 15.9 Å². The Balaban J connectivity index is 1.70. The number of rotatable bonds is 5. The molecule has 5 nitrogen and oxygen atoms in total. The average molecular weight is 304 g/mol. The zero-order valence-electron chi connectivity index (χ0n) is 9.63. The highest BCUT2D eigenvalue weighted by Crippen LogP contribution is 2.15. The number of aromatic nitrogens is 2. The molecule has 6 heteroatoms. The third-order valence-electron chi connectivity index (χ3n) is 2.87. The van der Waals surface area contributed by atoms with Gasteiger partial charge in [0, 0.05) is 36.4 Å². The monoisotopic (exact) mass is 303 g/mol. The van der Waals surface area contributed by atoms with Crippen molar-refractivity contribution in [2.75, 3.05) is 19.8 Å². The fraction of sp³-hybridized carbons (Fsp3) is 0.727. The molecule has 1 aliphatic heterocycles. The van der Waals surface area contributed by atoms with Crippen molar-refractivity contribution in [1.29, 1.82) is 0 Å². The number of halogens is 1. The first-order valence-electron chi connectivity index (χ1n) is 5.84. The molecule has 3 atom stereocenters. The fourth-order valence-corrected chi connectivity index (χ4v) is 2.42. The molecule has 1 saturated heterocycles. The Hall–Kier alpha value is -0.430. The first kappa shape index (κ1) is 13.0. The van der Waals surface area contributed by atoms with Crippen molar-refractivity contribution < 1.29 is 9.84 Å². The lowest BCUT2D eigenvalue weighted by Gasteiger charge is -2.29. The summed E-state index contributed by atoms with van der Waals surface area (Å²) in [5.41, 5.74) is 0. The average Bonchev–Trinajstić information content (AvgIpc) is 2.81. The van der Waals surface area contributed by atoms with Crippen LogP contribution < -0.4 is 5.32 Å². The van der Waals surface area contributed by atoms with E-state index >= 15 is 0 Å². The van der Waals surface area contributed by atoms with Gasteiger partial charge in [-0.05, 0) is 6.42 Å². The molecule has 0 aliphatic carbocycles. The number of nitrogens with one attached hydrogen (secondary N) is 1. The minimum absolute atomic E-state index is 0.279. The number of imidazole rings is 1. The number of alkyl halides is 1. The molecular formula is C11H18BrN3O2. The van der Waals surface area contributed by atoms with E-state index in [1.807, 2.05) is 10.8 Å². The fourth-order valence-electron chi connectivity index (χ4n) is 1.89. The van der Waals surface area contributed by atoms with Crippen LogP contribution in [0.5, 0.6) is 0 Å². The van der Waals surface area contributed by atoms with Gasteiger partial charge in [-0.1, -0.05) is 15.9 Å². The molecule has 0 saturated carbocycles. The summed E-state index contributed by atoms with van der Waals surface area (Å²) in [4.78, 5) is 4.37. The van der Waals surface area contributed by atoms with Crippen LogP contribution in [0.2, 0.25) is 0 Å². The van der Waals surface area contributed by atoms with Gasteiger partial charge in [0.2, 0.25) is 0 Å². The Morgan fingerprint density at radius 1 is 1.65 bits per heavy atom. The van der Waals surface area contributed by atoms with Crippen LogP contribution in [0.15, 0.2) is 18.7 Å². The van der Waals surface area contributed by atoms with Gasteiger partial charge < -0.3 is 19.7 Å². The lowest BCUT2D eigenvalue weighted by Crippen LogP contribution is -2.47. The van der Waals surface area contributed by atoms with Crippen LogP contribution in [-0.2, 0) is 11.3 Å². The van der Waals surface area contributed by atoms with E-state index in [1.54, 1.807) is 12.5 Å². The third-order valence-corrected chi connectivity index (χ3v) is 3.96. The number of hydrogen-bond acceptors (Lipinski definition) is 4. The van der Waals surface area contributed by atoms with Crippen LogP contribution in [0.3, 0.4) is 0 Å². The lowest BCUT2D eigenvalue weighted by molar-refractivity contribution is 0.0670. The van der Waals surface area contributed by atoms with Crippen molar-refractivity contribution in [3.8, 4) is 0 Å². The molecule has 1 aromatic heterocycles. The second-order valence-electron chi connectivity index (χ2n) is 4.31. The van der Waals surface area contributed by atoms with E-state index in [-0.39, 0.29) is 6.04 Å². The number of ether oxygens (including phenoxy) is 1. The molecule has 96 valence electrons. The first-order chi connectivity index (χ1) is 8.25. The SMILES string of the molecule is OC(CNC1COCCC1Br)Cn1ccnc1. The van der Waals surface area contributed by atoms with E-state index in [9.17, 15) is 5.11 Å². The number of nitrogens with zero attached hydrogens (tertiary/aromatic N) is 2. The highest BCUT2D eigenvalue weighted by molar-refractivity contribution is 9.09. The molecule has 0 amide bonds. The Bertz CT molecular complexity index is 321. The van der Waals surface area contributed by atoms with E-state index in [2.05, 4.69) is 26.2 Å². The summed E-state index contributed by atoms with van der Waals surface area (Å²) in [5, 5.41) is 13.2. The van der Waals surface area contributed by atoms with Gasteiger partial charge in [-0.25, -0.2) is 4.98 Å². The lowest BCUT2D eigenvalue weighted by atomic mass is 10.1. The molecule has 0 aromatic carbocycles. The summed E-state index contributed by atoms with van der Waals surface area (Å²) in [5.74, 6) is 0. The molecule has 2 N–H and O–H groups in total. The number of aliphatic hydroxyl groups is 1. The van der Waals surface area contributed by atoms with E-state index in [4.69, 9.17) is 4.74 Å². The van der Waals surface area contributed by atoms with Gasteiger partial charge in [-0.3, -0.25) is 0 Å². The maximum atomic E-state index is 9.87. The van der Waals surface area contributed by atoms with E-state index < -0.39 is 6.10 Å². The maximum Gasteiger partial charge on any atom is 0.0946 e. The van der Waals surface area contributed by atoms with Crippen LogP contribution in [-0.4, -0.2) is 51.4 Å². The minimum Gasteiger partial charge on any atom is -0.390 e. The predicted octanol–water partition coefficient (Wildman–Crippen LogP) is 0.386. The Morgan fingerprint density at radius 3 is 3.24 bits per heavy atom. The van der Waals surface area contributed by atoms with Crippen molar-refractivity contribution in [2.24, 2.45) is 0 Å². The standard InChI is InChI=1S/C11H18BrN3O2/c12-10-1-4-17-7-11(10)14-5-9(16)6-15-3-2-13-8-15/h2-3,8-11,14,16H,1,4-7H2. The van der Waals surface area contributed by atoms with Crippen LogP contribution in [0, 0.1) is 0 Å². The van der Waals surface area contributed by atoms with Crippen molar-refractivity contribution in [1.82, 2.24) is 14.9 Å². The van der Waals surface area contributed by atoms with E-state index in [0.717, 1.165) is 13.0 Å². The molecule has 1 aliphatic rings. The van der Waals surface area contributed by atoms with Gasteiger partial charge >= 0.3 is 0 Å². The van der Waals surface area contributed by atoms with Gasteiger partial charge in [0.1, 0.15) is 0 Å². The second-order valence-corrected chi connectivity index (χ2v) is 5.48. The zero-order valence-corrected chi connectivity index (χ0v) is 11.2. The van der Waals surface area contributed by atoms with E-state index in [0.29, 0.717) is 24.5 Å². The molecule has 3 unspecified atom stereocenters. The minimum atomic E-state index is -0.411. The summed E-state index contributed by atoms with van der Waals surface area (Å²) in [6.07, 6.45) is 5.87. The molecule has 2 rings (SSSR count). The summed E-state index contributed by atoms with van der Waals surface area (Å²) < 4.78 is 7.27. The van der Waals surface area contributed by atoms with Crippen molar-refractivity contribution in [2.45, 2.75) is 29.9 Å². The summed E-state index contributed by atoms with van der Waals surface area (Å²) in [7, 11) is 0. The Kier molecular flexibility index (Phi) is 4.97. The molecule has 0 bridgehead atoms. The summed E-state index contributed by atoms with van der Waals surface area (Å²) in [6.45, 7) is 2.64. The maximum absolute atomic E-state index is 9.87. The summed E-state index contributed by atoms with van der Waals surface area (Å²) >= 11 is 3.63. The van der Waals surface area contributed by atoms with Gasteiger partial charge in [-0.15, -0.1) is 0 Å². The highest BCUT2D eigenvalue weighted by Gasteiger charge is 2.23. The molecule has 2 heterocycles. The van der Waals surface area contributed by atoms with Gasteiger partial charge in [0.15, 0.2) is 0 Å². The first-order valence-corrected chi connectivity index (χ1v) is 6.76. The van der Waals surface area contributed by atoms with Crippen molar-refractivity contribution >= 4 is 15.9 Å². The second kappa shape index (κ2) is 6.49. The smallest absolute Gasteiger partial charge is 0.0946 e. The molecule has 1 aromatic rings.